The molecule has 6 aromatic heterocycles. The molecule has 6 heterocycles. The number of rotatable bonds is 28. The molecular formula is C88H89Br6ClF2N18O4S6. The average Bonchev–Trinajstić information content (AvgIpc) is 0.862. The molecule has 0 aliphatic carbocycles. The van der Waals surface area contributed by atoms with Gasteiger partial charge in [-0.3, -0.25) is 0 Å². The molecule has 22 nitrogen and oxygen atoms in total. The van der Waals surface area contributed by atoms with Gasteiger partial charge in [-0.25, -0.2) is 38.7 Å². The second-order valence-electron chi connectivity index (χ2n) is 25.6. The zero-order chi connectivity index (χ0) is 89.9. The van der Waals surface area contributed by atoms with Crippen LogP contribution in [0.5, 0.6) is 23.0 Å². The maximum atomic E-state index is 13.4. The number of pyridine rings is 6. The SMILES string of the molecule is COc1ccc(OC)c(CCNC(=S)Nc2ccc(Br)cn2)c1.COc1cccc(CCNC(=S)Nc2ccc(Br)cn2)c1.COc1ccccc1CCNC(=S)Nc1ccc(Br)cn1.Fc1cccc(CCNC(=S)Nc2ccc(Br)cn2)c1.Fc1ccccc1CCNC(=S)Nc1ccc(Br)cn1.S=C(NCCc1cccc(Cl)c1)Nc1ccc(Br)cn1. The lowest BCUT2D eigenvalue weighted by atomic mass is 10.1. The van der Waals surface area contributed by atoms with Crippen LogP contribution in [-0.2, 0) is 38.5 Å². The first-order valence-electron chi connectivity index (χ1n) is 38.1. The molecule has 0 atom stereocenters. The van der Waals surface area contributed by atoms with Gasteiger partial charge < -0.3 is 82.7 Å². The molecule has 0 unspecified atom stereocenters. The Hall–Kier alpha value is -9.41. The number of benzene rings is 6. The largest absolute Gasteiger partial charge is 0.497 e. The summed E-state index contributed by atoms with van der Waals surface area (Å²) in [5.41, 5.74) is 6.19. The summed E-state index contributed by atoms with van der Waals surface area (Å²) in [4.78, 5) is 25.1. The maximum Gasteiger partial charge on any atom is 0.171 e. The van der Waals surface area contributed by atoms with Crippen LogP contribution in [0.3, 0.4) is 0 Å². The summed E-state index contributed by atoms with van der Waals surface area (Å²) >= 11 is 57.2. The van der Waals surface area contributed by atoms with Crippen molar-refractivity contribution in [3.8, 4) is 23.0 Å². The summed E-state index contributed by atoms with van der Waals surface area (Å²) in [6.07, 6.45) is 14.8. The Labute approximate surface area is 814 Å². The number of para-hydroxylation sites is 1. The van der Waals surface area contributed by atoms with Gasteiger partial charge in [-0.1, -0.05) is 84.4 Å². The van der Waals surface area contributed by atoms with E-state index in [9.17, 15) is 8.78 Å². The third kappa shape index (κ3) is 43.1. The van der Waals surface area contributed by atoms with E-state index in [1.165, 1.54) is 29.3 Å². The Balaban J connectivity index is 0.000000206. The minimum Gasteiger partial charge on any atom is -0.497 e. The summed E-state index contributed by atoms with van der Waals surface area (Å²) in [5, 5.41) is 40.7. The van der Waals surface area contributed by atoms with Crippen molar-refractivity contribution >= 4 is 246 Å². The Morgan fingerprint density at radius 2 is 0.600 bits per heavy atom. The van der Waals surface area contributed by atoms with E-state index in [2.05, 4.69) is 195 Å². The molecule has 0 amide bonds. The second kappa shape index (κ2) is 58.8. The number of hydrogen-bond donors (Lipinski definition) is 12. The van der Waals surface area contributed by atoms with E-state index >= 15 is 0 Å². The predicted molar refractivity (Wildman–Crippen MR) is 549 cm³/mol. The molecule has 12 rings (SSSR count). The van der Waals surface area contributed by atoms with Gasteiger partial charge in [-0.15, -0.1) is 0 Å². The van der Waals surface area contributed by atoms with Crippen LogP contribution in [0.4, 0.5) is 43.7 Å². The van der Waals surface area contributed by atoms with E-state index in [0.29, 0.717) is 97.8 Å². The van der Waals surface area contributed by atoms with Crippen LogP contribution in [0.1, 0.15) is 33.4 Å². The van der Waals surface area contributed by atoms with Gasteiger partial charge in [0, 0.05) is 108 Å². The third-order valence-electron chi connectivity index (χ3n) is 16.5. The van der Waals surface area contributed by atoms with Crippen molar-refractivity contribution in [2.45, 2.75) is 38.5 Å². The summed E-state index contributed by atoms with van der Waals surface area (Å²) in [7, 11) is 6.65. The lowest BCUT2D eigenvalue weighted by Crippen LogP contribution is -2.30. The average molecular weight is 2210 g/mol. The van der Waals surface area contributed by atoms with Crippen LogP contribution in [0.25, 0.3) is 0 Å². The van der Waals surface area contributed by atoms with Crippen LogP contribution >= 0.6 is 180 Å². The fraction of sp³-hybridized carbons (Fsp3) is 0.182. The van der Waals surface area contributed by atoms with Gasteiger partial charge in [0.25, 0.3) is 0 Å². The first kappa shape index (κ1) is 103. The summed E-state index contributed by atoms with van der Waals surface area (Å²) < 4.78 is 53.1. The highest BCUT2D eigenvalue weighted by Crippen LogP contribution is 2.25. The highest BCUT2D eigenvalue weighted by molar-refractivity contribution is 9.11. The monoisotopic (exact) mass is 2200 g/mol. The number of anilines is 6. The van der Waals surface area contributed by atoms with Gasteiger partial charge in [0.1, 0.15) is 69.5 Å². The van der Waals surface area contributed by atoms with Crippen molar-refractivity contribution in [3.63, 3.8) is 0 Å². The second-order valence-corrected chi connectivity index (χ2v) is 34.0. The van der Waals surface area contributed by atoms with Crippen molar-refractivity contribution in [3.05, 3.63) is 326 Å². The third-order valence-corrected chi connectivity index (χ3v) is 21.0. The summed E-state index contributed by atoms with van der Waals surface area (Å²) in [6, 6.07) is 65.2. The first-order valence-corrected chi connectivity index (χ1v) is 45.6. The number of nitrogens with one attached hydrogen (secondary N) is 12. The van der Waals surface area contributed by atoms with Gasteiger partial charge in [0.2, 0.25) is 0 Å². The molecule has 0 fully saturated rings. The number of ether oxygens (including phenoxy) is 4. The number of nitrogens with zero attached hydrogens (tertiary/aromatic N) is 6. The standard InChI is InChI=1S/C16H18BrN3O2S.2C15H16BrN3OS.C14H13BrClN3S.2C14H13BrFN3S/c1-21-13-4-5-14(22-2)11(9-13)7-8-18-16(23)20-15-6-3-12(17)10-19-15;1-20-13-4-2-3-11(9-13)7-8-17-15(21)19-14-6-5-12(16)10-18-14;1-20-13-5-3-2-4-11(13)8-9-17-15(21)19-14-7-6-12(16)10-18-14;2*15-11-4-5-13(18-9-11)19-14(20)17-7-6-10-2-1-3-12(16)8-10;15-11-5-6-13(18-9-11)19-14(20)17-8-7-10-3-1-2-4-12(10)16/h3-6,9-10H,7-8H2,1-2H3,(H2,18,19,20,23);2-6,9-10H,7-8H2,1H3,(H2,17,18,19,21);2-7,10H,8-9H2,1H3,(H2,17,18,19,21);2*1-5,8-9H,6-7H2,(H2,17,18,19,20);1-6,9H,7-8H2,(H2,17,18,19,20). The van der Waals surface area contributed by atoms with Crippen molar-refractivity contribution in [1.29, 1.82) is 0 Å². The number of methoxy groups -OCH3 is 4. The number of aromatic nitrogens is 6. The zero-order valence-electron chi connectivity index (χ0n) is 67.8. The van der Waals surface area contributed by atoms with E-state index in [0.717, 1.165) is 123 Å². The molecule has 125 heavy (non-hydrogen) atoms. The van der Waals surface area contributed by atoms with E-state index in [1.54, 1.807) is 83.8 Å². The Kier molecular flexibility index (Phi) is 48.3. The predicted octanol–water partition coefficient (Wildman–Crippen LogP) is 21.2. The Morgan fingerprint density at radius 1 is 0.296 bits per heavy atom. The molecule has 0 bridgehead atoms. The first-order chi connectivity index (χ1) is 60.4. The normalized spacial score (nSPS) is 10.1. The van der Waals surface area contributed by atoms with Crippen molar-refractivity contribution in [2.75, 3.05) is 99.6 Å². The Bertz CT molecular complexity index is 5240. The van der Waals surface area contributed by atoms with Gasteiger partial charge >= 0.3 is 0 Å². The molecule has 12 N–H and O–H groups in total. The van der Waals surface area contributed by atoms with E-state index in [1.807, 2.05) is 170 Å². The lowest BCUT2D eigenvalue weighted by Gasteiger charge is -2.12. The zero-order valence-corrected chi connectivity index (χ0v) is 83.0. The molecular weight excluding hydrogens is 2120 g/mol. The van der Waals surface area contributed by atoms with Gasteiger partial charge in [0.05, 0.1) is 28.4 Å². The van der Waals surface area contributed by atoms with Crippen molar-refractivity contribution in [1.82, 2.24) is 61.8 Å². The van der Waals surface area contributed by atoms with Gasteiger partial charge in [-0.2, -0.15) is 0 Å². The van der Waals surface area contributed by atoms with Crippen molar-refractivity contribution in [2.24, 2.45) is 0 Å². The van der Waals surface area contributed by atoms with E-state index in [-0.39, 0.29) is 11.6 Å². The van der Waals surface area contributed by atoms with Crippen LogP contribution in [0, 0.1) is 11.6 Å². The summed E-state index contributed by atoms with van der Waals surface area (Å²) in [6.45, 7) is 4.07. The Morgan fingerprint density at radius 3 is 0.944 bits per heavy atom. The molecule has 0 spiro atoms. The molecule has 0 aliphatic rings. The molecule has 0 saturated carbocycles. The lowest BCUT2D eigenvalue weighted by molar-refractivity contribution is 0.398. The number of halogens is 9. The highest BCUT2D eigenvalue weighted by Gasteiger charge is 2.11. The summed E-state index contributed by atoms with van der Waals surface area (Å²) in [5.74, 6) is 7.18. The minimum atomic E-state index is -0.220. The van der Waals surface area contributed by atoms with Crippen LogP contribution < -0.4 is 82.7 Å². The molecule has 0 aliphatic heterocycles. The molecule has 0 radical (unpaired) electrons. The van der Waals surface area contributed by atoms with Crippen LogP contribution in [-0.4, -0.2) is 128 Å². The molecule has 12 aromatic rings. The fourth-order valence-electron chi connectivity index (χ4n) is 10.5. The number of hydrogen-bond acceptors (Lipinski definition) is 16. The molecule has 0 saturated heterocycles. The molecule has 6 aromatic carbocycles. The topological polar surface area (TPSA) is 259 Å². The van der Waals surface area contributed by atoms with Gasteiger partial charge in [-0.05, 0) is 380 Å². The highest BCUT2D eigenvalue weighted by atomic mass is 79.9. The van der Waals surface area contributed by atoms with Crippen molar-refractivity contribution < 1.29 is 27.7 Å². The van der Waals surface area contributed by atoms with Crippen LogP contribution in [0.15, 0.2) is 276 Å². The minimum absolute atomic E-state index is 0.192. The molecule has 37 heteroatoms. The van der Waals surface area contributed by atoms with Crippen LogP contribution in [0.2, 0.25) is 5.02 Å². The van der Waals surface area contributed by atoms with Gasteiger partial charge in [0.15, 0.2) is 30.7 Å². The quantitative estimate of drug-likeness (QED) is 0.0204. The molecule has 654 valence electrons. The van der Waals surface area contributed by atoms with E-state index in [4.69, 9.17) is 104 Å². The smallest absolute Gasteiger partial charge is 0.171 e. The fourth-order valence-corrected chi connectivity index (χ4v) is 13.3. The maximum absolute atomic E-state index is 13.4. The van der Waals surface area contributed by atoms with E-state index < -0.39 is 0 Å². The number of thiocarbonyl (C=S) groups is 6.